The van der Waals surface area contributed by atoms with Crippen molar-refractivity contribution in [2.24, 2.45) is 0 Å². The van der Waals surface area contributed by atoms with Crippen molar-refractivity contribution >= 4 is 16.0 Å². The maximum Gasteiger partial charge on any atom is 0.331 e. The third-order valence-corrected chi connectivity index (χ3v) is 5.22. The number of ether oxygens (including phenoxy) is 1. The topological polar surface area (TPSA) is 72.5 Å². The normalized spacial score (nSPS) is 24.2. The molecule has 0 aromatic heterocycles. The minimum atomic E-state index is -3.68. The van der Waals surface area contributed by atoms with Crippen LogP contribution in [-0.2, 0) is 30.5 Å². The summed E-state index contributed by atoms with van der Waals surface area (Å²) in [5, 5.41) is 0. The van der Waals surface area contributed by atoms with E-state index in [0.717, 1.165) is 5.56 Å². The molecule has 1 heterocycles. The monoisotopic (exact) mass is 297 g/mol. The van der Waals surface area contributed by atoms with Crippen LogP contribution in [0, 0.1) is 0 Å². The van der Waals surface area contributed by atoms with Crippen LogP contribution in [0.4, 0.5) is 0 Å². The molecule has 0 spiro atoms. The zero-order valence-electron chi connectivity index (χ0n) is 12.3. The maximum absolute atomic E-state index is 12.1. The lowest BCUT2D eigenvalue weighted by molar-refractivity contribution is -0.147. The van der Waals surface area contributed by atoms with Crippen molar-refractivity contribution in [3.63, 3.8) is 0 Å². The molecule has 20 heavy (non-hydrogen) atoms. The van der Waals surface area contributed by atoms with Crippen molar-refractivity contribution < 1.29 is 17.9 Å². The van der Waals surface area contributed by atoms with Crippen molar-refractivity contribution in [3.05, 3.63) is 29.3 Å². The molecule has 1 aliphatic rings. The summed E-state index contributed by atoms with van der Waals surface area (Å²) in [5.74, 6) is -0.620. The van der Waals surface area contributed by atoms with Crippen LogP contribution in [-0.4, -0.2) is 21.5 Å². The number of hydrogen-bond donors (Lipinski definition) is 1. The summed E-state index contributed by atoms with van der Waals surface area (Å²) in [4.78, 5) is 12.1. The molecule has 0 unspecified atom stereocenters. The Morgan fingerprint density at radius 3 is 2.40 bits per heavy atom. The van der Waals surface area contributed by atoms with E-state index in [1.165, 1.54) is 14.0 Å². The predicted octanol–water partition coefficient (Wildman–Crippen LogP) is 1.66. The summed E-state index contributed by atoms with van der Waals surface area (Å²) in [7, 11) is -2.44. The summed E-state index contributed by atoms with van der Waals surface area (Å²) in [6.45, 7) is 7.61. The Bertz CT molecular complexity index is 673. The molecule has 0 fully saturated rings. The van der Waals surface area contributed by atoms with Crippen LogP contribution in [0.5, 0.6) is 0 Å². The number of benzene rings is 1. The zero-order valence-corrected chi connectivity index (χ0v) is 13.1. The van der Waals surface area contributed by atoms with Crippen LogP contribution < -0.4 is 4.72 Å². The van der Waals surface area contributed by atoms with Gasteiger partial charge < -0.3 is 4.74 Å². The number of methoxy groups -OCH3 is 1. The van der Waals surface area contributed by atoms with Gasteiger partial charge in [-0.25, -0.2) is 13.2 Å². The number of hydrogen-bond acceptors (Lipinski definition) is 4. The highest BCUT2D eigenvalue weighted by molar-refractivity contribution is 7.90. The summed E-state index contributed by atoms with van der Waals surface area (Å²) in [6, 6.07) is 5.09. The lowest BCUT2D eigenvalue weighted by atomic mass is 9.83. The fraction of sp³-hybridized carbons (Fsp3) is 0.500. The molecule has 1 aromatic rings. The van der Waals surface area contributed by atoms with E-state index in [0.29, 0.717) is 5.56 Å². The van der Waals surface area contributed by atoms with Gasteiger partial charge in [0, 0.05) is 5.56 Å². The second-order valence-corrected chi connectivity index (χ2v) is 7.83. The first-order valence-corrected chi connectivity index (χ1v) is 7.78. The maximum atomic E-state index is 12.1. The molecule has 0 radical (unpaired) electrons. The fourth-order valence-corrected chi connectivity index (χ4v) is 4.00. The molecule has 6 heteroatoms. The van der Waals surface area contributed by atoms with E-state index in [1.807, 2.05) is 20.8 Å². The molecular weight excluding hydrogens is 278 g/mol. The molecule has 0 aliphatic carbocycles. The number of sulfonamides is 1. The Morgan fingerprint density at radius 2 is 1.90 bits per heavy atom. The molecule has 0 saturated carbocycles. The number of rotatable bonds is 1. The molecule has 1 N–H and O–H groups in total. The molecular formula is C14H19NO4S. The number of nitrogens with one attached hydrogen (secondary N) is 1. The van der Waals surface area contributed by atoms with Gasteiger partial charge in [0.2, 0.25) is 10.0 Å². The van der Waals surface area contributed by atoms with Gasteiger partial charge in [0.05, 0.1) is 12.0 Å². The van der Waals surface area contributed by atoms with E-state index in [-0.39, 0.29) is 10.3 Å². The smallest absolute Gasteiger partial charge is 0.331 e. The van der Waals surface area contributed by atoms with Crippen LogP contribution in [0.15, 0.2) is 23.1 Å². The Hall–Kier alpha value is -1.40. The van der Waals surface area contributed by atoms with Gasteiger partial charge in [-0.15, -0.1) is 0 Å². The standard InChI is InChI=1S/C14H19NO4S/c1-13(2,3)9-6-7-11-10(8-9)14(4,12(16)19-5)15-20(11,17)18/h6-8,15H,1-5H3/t14-/m1/s1. The molecule has 1 aliphatic heterocycles. The average molecular weight is 297 g/mol. The third kappa shape index (κ3) is 2.13. The van der Waals surface area contributed by atoms with Crippen LogP contribution in [0.2, 0.25) is 0 Å². The van der Waals surface area contributed by atoms with Gasteiger partial charge in [-0.1, -0.05) is 32.9 Å². The van der Waals surface area contributed by atoms with Gasteiger partial charge in [0.15, 0.2) is 5.54 Å². The van der Waals surface area contributed by atoms with Crippen LogP contribution in [0.1, 0.15) is 38.8 Å². The molecule has 5 nitrogen and oxygen atoms in total. The van der Waals surface area contributed by atoms with E-state index in [4.69, 9.17) is 4.74 Å². The molecule has 0 bridgehead atoms. The SMILES string of the molecule is COC(=O)[C@]1(C)NS(=O)(=O)c2ccc(C(C)(C)C)cc21. The lowest BCUT2D eigenvalue weighted by Crippen LogP contribution is -2.44. The van der Waals surface area contributed by atoms with E-state index in [1.54, 1.807) is 18.2 Å². The lowest BCUT2D eigenvalue weighted by Gasteiger charge is -2.24. The average Bonchev–Trinajstić information content (AvgIpc) is 2.55. The van der Waals surface area contributed by atoms with Crippen molar-refractivity contribution in [2.75, 3.05) is 7.11 Å². The number of esters is 1. The highest BCUT2D eigenvalue weighted by Gasteiger charge is 2.49. The summed E-state index contributed by atoms with van der Waals surface area (Å²) in [6.07, 6.45) is 0. The Kier molecular flexibility index (Phi) is 3.22. The van der Waals surface area contributed by atoms with Gasteiger partial charge >= 0.3 is 5.97 Å². The van der Waals surface area contributed by atoms with E-state index in [2.05, 4.69) is 4.72 Å². The minimum absolute atomic E-state index is 0.137. The van der Waals surface area contributed by atoms with Crippen molar-refractivity contribution in [1.29, 1.82) is 0 Å². The predicted molar refractivity (Wildman–Crippen MR) is 74.8 cm³/mol. The molecule has 2 rings (SSSR count). The Balaban J connectivity index is 2.73. The second-order valence-electron chi connectivity index (χ2n) is 6.18. The van der Waals surface area contributed by atoms with Gasteiger partial charge in [-0.3, -0.25) is 0 Å². The van der Waals surface area contributed by atoms with E-state index in [9.17, 15) is 13.2 Å². The number of fused-ring (bicyclic) bond motifs is 1. The van der Waals surface area contributed by atoms with Crippen molar-refractivity contribution in [3.8, 4) is 0 Å². The first-order valence-electron chi connectivity index (χ1n) is 6.30. The first kappa shape index (κ1) is 15.0. The fourth-order valence-electron chi connectivity index (χ4n) is 2.36. The minimum Gasteiger partial charge on any atom is -0.467 e. The Labute approximate surface area is 119 Å². The number of carbonyl (C=O) groups excluding carboxylic acids is 1. The van der Waals surface area contributed by atoms with Crippen LogP contribution in [0.3, 0.4) is 0 Å². The molecule has 0 amide bonds. The quantitative estimate of drug-likeness (QED) is 0.800. The van der Waals surface area contributed by atoms with Gasteiger partial charge in [0.1, 0.15) is 0 Å². The van der Waals surface area contributed by atoms with Gasteiger partial charge in [0.25, 0.3) is 0 Å². The summed E-state index contributed by atoms with van der Waals surface area (Å²) >= 11 is 0. The van der Waals surface area contributed by atoms with Crippen LogP contribution in [0.25, 0.3) is 0 Å². The van der Waals surface area contributed by atoms with Gasteiger partial charge in [-0.2, -0.15) is 4.72 Å². The summed E-state index contributed by atoms with van der Waals surface area (Å²) < 4.78 is 31.4. The van der Waals surface area contributed by atoms with E-state index < -0.39 is 21.5 Å². The second kappa shape index (κ2) is 4.30. The first-order chi connectivity index (χ1) is 9.02. The highest BCUT2D eigenvalue weighted by atomic mass is 32.2. The largest absolute Gasteiger partial charge is 0.467 e. The van der Waals surface area contributed by atoms with Gasteiger partial charge in [-0.05, 0) is 24.0 Å². The number of carbonyl (C=O) groups is 1. The van der Waals surface area contributed by atoms with E-state index >= 15 is 0 Å². The molecule has 0 saturated heterocycles. The molecule has 110 valence electrons. The van der Waals surface area contributed by atoms with Crippen molar-refractivity contribution in [2.45, 2.75) is 43.5 Å². The summed E-state index contributed by atoms with van der Waals surface area (Å²) in [5.41, 5.74) is -0.107. The van der Waals surface area contributed by atoms with Crippen molar-refractivity contribution in [1.82, 2.24) is 4.72 Å². The molecule has 1 aromatic carbocycles. The zero-order chi connectivity index (χ0) is 15.3. The highest BCUT2D eigenvalue weighted by Crippen LogP contribution is 2.38. The molecule has 1 atom stereocenters. The Morgan fingerprint density at radius 1 is 1.30 bits per heavy atom. The van der Waals surface area contributed by atoms with Crippen LogP contribution >= 0.6 is 0 Å². The third-order valence-electron chi connectivity index (χ3n) is 3.61.